The molecule has 2 atom stereocenters. The predicted molar refractivity (Wildman–Crippen MR) is 73.3 cm³/mol. The average Bonchev–Trinajstić information content (AvgIpc) is 2.47. The first kappa shape index (κ1) is 15.3. The predicted octanol–water partition coefficient (Wildman–Crippen LogP) is 0.324. The summed E-state index contributed by atoms with van der Waals surface area (Å²) in [4.78, 5) is 25.4. The second kappa shape index (κ2) is 6.10. The maximum absolute atomic E-state index is 12.7. The van der Waals surface area contributed by atoms with Crippen molar-refractivity contribution >= 4 is 11.9 Å². The van der Waals surface area contributed by atoms with Gasteiger partial charge in [-0.15, -0.1) is 0 Å². The standard InChI is InChI=1S/C14H24N2O4/c1-14(2,10-4-3-5-15-8-10)13(19)16-6-7-20-11(9-16)12(17)18/h10-11,15H,3-9H2,1-2H3,(H,17,18). The molecule has 2 rings (SSSR count). The van der Waals surface area contributed by atoms with E-state index in [4.69, 9.17) is 9.84 Å². The lowest BCUT2D eigenvalue weighted by atomic mass is 9.74. The topological polar surface area (TPSA) is 78.9 Å². The quantitative estimate of drug-likeness (QED) is 0.780. The summed E-state index contributed by atoms with van der Waals surface area (Å²) in [6, 6.07) is 0. The van der Waals surface area contributed by atoms with Crippen LogP contribution >= 0.6 is 0 Å². The van der Waals surface area contributed by atoms with Crippen molar-refractivity contribution in [3.63, 3.8) is 0 Å². The molecule has 2 aliphatic heterocycles. The van der Waals surface area contributed by atoms with Gasteiger partial charge in [0.25, 0.3) is 0 Å². The second-order valence-corrected chi connectivity index (χ2v) is 6.21. The molecule has 2 unspecified atom stereocenters. The number of ether oxygens (including phenoxy) is 1. The van der Waals surface area contributed by atoms with Crippen molar-refractivity contribution < 1.29 is 19.4 Å². The number of aliphatic carboxylic acids is 1. The van der Waals surface area contributed by atoms with Crippen LogP contribution in [-0.4, -0.2) is 60.8 Å². The maximum Gasteiger partial charge on any atom is 0.334 e. The van der Waals surface area contributed by atoms with Gasteiger partial charge in [-0.3, -0.25) is 4.79 Å². The lowest BCUT2D eigenvalue weighted by molar-refractivity contribution is -0.163. The lowest BCUT2D eigenvalue weighted by Gasteiger charge is -2.41. The number of carbonyl (C=O) groups is 2. The zero-order valence-electron chi connectivity index (χ0n) is 12.2. The molecule has 114 valence electrons. The van der Waals surface area contributed by atoms with Gasteiger partial charge in [0.2, 0.25) is 5.91 Å². The van der Waals surface area contributed by atoms with Crippen molar-refractivity contribution in [1.29, 1.82) is 0 Å². The molecule has 2 aliphatic rings. The van der Waals surface area contributed by atoms with Crippen LogP contribution in [-0.2, 0) is 14.3 Å². The summed E-state index contributed by atoms with van der Waals surface area (Å²) in [5.41, 5.74) is -0.464. The third kappa shape index (κ3) is 3.12. The fourth-order valence-corrected chi connectivity index (χ4v) is 3.03. The van der Waals surface area contributed by atoms with Gasteiger partial charge in [-0.25, -0.2) is 4.79 Å². The monoisotopic (exact) mass is 284 g/mol. The fourth-order valence-electron chi connectivity index (χ4n) is 3.03. The third-order valence-corrected chi connectivity index (χ3v) is 4.50. The Morgan fingerprint density at radius 2 is 2.15 bits per heavy atom. The molecule has 2 N–H and O–H groups in total. The minimum Gasteiger partial charge on any atom is -0.479 e. The Morgan fingerprint density at radius 3 is 2.75 bits per heavy atom. The van der Waals surface area contributed by atoms with Gasteiger partial charge < -0.3 is 20.1 Å². The molecule has 0 saturated carbocycles. The summed E-state index contributed by atoms with van der Waals surface area (Å²) in [6.07, 6.45) is 1.23. The number of hydrogen-bond acceptors (Lipinski definition) is 4. The highest BCUT2D eigenvalue weighted by atomic mass is 16.5. The number of carboxylic acids is 1. The zero-order valence-corrected chi connectivity index (χ0v) is 12.2. The van der Waals surface area contributed by atoms with Crippen LogP contribution in [0.4, 0.5) is 0 Å². The molecule has 6 nitrogen and oxygen atoms in total. The van der Waals surface area contributed by atoms with Gasteiger partial charge in [-0.05, 0) is 31.8 Å². The minimum absolute atomic E-state index is 0.0424. The first-order chi connectivity index (χ1) is 9.43. The minimum atomic E-state index is -1.00. The Balaban J connectivity index is 2.03. The SMILES string of the molecule is CC(C)(C(=O)N1CCOC(C(=O)O)C1)C1CCCNC1. The van der Waals surface area contributed by atoms with Crippen molar-refractivity contribution in [1.82, 2.24) is 10.2 Å². The number of amides is 1. The summed E-state index contributed by atoms with van der Waals surface area (Å²) in [6.45, 7) is 6.73. The van der Waals surface area contributed by atoms with Crippen LogP contribution in [0.25, 0.3) is 0 Å². The largest absolute Gasteiger partial charge is 0.479 e. The van der Waals surface area contributed by atoms with E-state index in [1.165, 1.54) is 0 Å². The molecule has 2 saturated heterocycles. The van der Waals surface area contributed by atoms with Crippen molar-refractivity contribution in [2.75, 3.05) is 32.8 Å². The van der Waals surface area contributed by atoms with E-state index in [-0.39, 0.29) is 12.5 Å². The molecule has 2 heterocycles. The lowest BCUT2D eigenvalue weighted by Crippen LogP contribution is -2.55. The number of nitrogens with zero attached hydrogens (tertiary/aromatic N) is 1. The highest BCUT2D eigenvalue weighted by Gasteiger charge is 2.41. The maximum atomic E-state index is 12.7. The Bertz CT molecular complexity index is 377. The number of rotatable bonds is 3. The number of piperidine rings is 1. The van der Waals surface area contributed by atoms with Crippen LogP contribution in [0, 0.1) is 11.3 Å². The molecule has 0 spiro atoms. The van der Waals surface area contributed by atoms with Gasteiger partial charge in [-0.2, -0.15) is 0 Å². The van der Waals surface area contributed by atoms with E-state index in [0.717, 1.165) is 25.9 Å². The van der Waals surface area contributed by atoms with E-state index in [1.54, 1.807) is 4.90 Å². The molecule has 0 aromatic heterocycles. The van der Waals surface area contributed by atoms with Crippen molar-refractivity contribution in [2.24, 2.45) is 11.3 Å². The highest BCUT2D eigenvalue weighted by Crippen LogP contribution is 2.34. The van der Waals surface area contributed by atoms with E-state index < -0.39 is 17.5 Å². The molecule has 0 aromatic rings. The van der Waals surface area contributed by atoms with Crippen LogP contribution < -0.4 is 5.32 Å². The van der Waals surface area contributed by atoms with Gasteiger partial charge in [-0.1, -0.05) is 13.8 Å². The fraction of sp³-hybridized carbons (Fsp3) is 0.857. The van der Waals surface area contributed by atoms with Gasteiger partial charge >= 0.3 is 5.97 Å². The Kier molecular flexibility index (Phi) is 4.65. The molecular formula is C14H24N2O4. The van der Waals surface area contributed by atoms with E-state index in [2.05, 4.69) is 5.32 Å². The average molecular weight is 284 g/mol. The molecular weight excluding hydrogens is 260 g/mol. The van der Waals surface area contributed by atoms with Gasteiger partial charge in [0.1, 0.15) is 0 Å². The Morgan fingerprint density at radius 1 is 1.40 bits per heavy atom. The molecule has 0 bridgehead atoms. The van der Waals surface area contributed by atoms with Crippen molar-refractivity contribution in [2.45, 2.75) is 32.8 Å². The van der Waals surface area contributed by atoms with Crippen LogP contribution in [0.3, 0.4) is 0 Å². The number of carbonyl (C=O) groups excluding carboxylic acids is 1. The second-order valence-electron chi connectivity index (χ2n) is 6.21. The van der Waals surface area contributed by atoms with Crippen molar-refractivity contribution in [3.05, 3.63) is 0 Å². The molecule has 1 amide bonds. The van der Waals surface area contributed by atoms with Crippen molar-refractivity contribution in [3.8, 4) is 0 Å². The Hall–Kier alpha value is -1.14. The zero-order chi connectivity index (χ0) is 14.8. The first-order valence-corrected chi connectivity index (χ1v) is 7.27. The molecule has 2 fully saturated rings. The summed E-state index contributed by atoms with van der Waals surface area (Å²) in [7, 11) is 0. The molecule has 0 aromatic carbocycles. The smallest absolute Gasteiger partial charge is 0.334 e. The molecule has 6 heteroatoms. The highest BCUT2D eigenvalue weighted by molar-refractivity contribution is 5.83. The number of nitrogens with one attached hydrogen (secondary N) is 1. The normalized spacial score (nSPS) is 28.2. The van der Waals surface area contributed by atoms with Gasteiger partial charge in [0.15, 0.2) is 6.10 Å². The summed E-state index contributed by atoms with van der Waals surface area (Å²) < 4.78 is 5.17. The summed E-state index contributed by atoms with van der Waals surface area (Å²) in [5.74, 6) is -0.657. The van der Waals surface area contributed by atoms with Gasteiger partial charge in [0.05, 0.1) is 13.2 Å². The summed E-state index contributed by atoms with van der Waals surface area (Å²) >= 11 is 0. The van der Waals surface area contributed by atoms with Gasteiger partial charge in [0, 0.05) is 12.0 Å². The molecule has 0 aliphatic carbocycles. The molecule has 20 heavy (non-hydrogen) atoms. The number of morpholine rings is 1. The van der Waals surface area contributed by atoms with E-state index >= 15 is 0 Å². The van der Waals surface area contributed by atoms with Crippen LogP contribution in [0.15, 0.2) is 0 Å². The summed E-state index contributed by atoms with van der Waals surface area (Å²) in [5, 5.41) is 12.4. The van der Waals surface area contributed by atoms with Crippen LogP contribution in [0.5, 0.6) is 0 Å². The van der Waals surface area contributed by atoms with Crippen LogP contribution in [0.2, 0.25) is 0 Å². The Labute approximate surface area is 119 Å². The van der Waals surface area contributed by atoms with E-state index in [9.17, 15) is 9.59 Å². The van der Waals surface area contributed by atoms with E-state index in [1.807, 2.05) is 13.8 Å². The third-order valence-electron chi connectivity index (χ3n) is 4.50. The van der Waals surface area contributed by atoms with Crippen LogP contribution in [0.1, 0.15) is 26.7 Å². The first-order valence-electron chi connectivity index (χ1n) is 7.27. The number of carboxylic acid groups (broad SMARTS) is 1. The van der Waals surface area contributed by atoms with E-state index in [0.29, 0.717) is 19.1 Å². The number of hydrogen-bond donors (Lipinski definition) is 2. The molecule has 0 radical (unpaired) electrons.